The minimum Gasteiger partial charge on any atom is -0.322 e. The van der Waals surface area contributed by atoms with E-state index in [1.54, 1.807) is 0 Å². The molecule has 0 radical (unpaired) electrons. The van der Waals surface area contributed by atoms with Crippen molar-refractivity contribution in [3.63, 3.8) is 0 Å². The first-order valence-electron chi connectivity index (χ1n) is 4.41. The summed E-state index contributed by atoms with van der Waals surface area (Å²) in [6.07, 6.45) is 1.85. The maximum atomic E-state index is 6.04. The third kappa shape index (κ3) is 2.29. The average molecular weight is 182 g/mol. The van der Waals surface area contributed by atoms with Crippen LogP contribution in [-0.2, 0) is 7.05 Å². The molecule has 1 aromatic rings. The summed E-state index contributed by atoms with van der Waals surface area (Å²) in [6, 6.07) is 0.0440. The monoisotopic (exact) mass is 182 g/mol. The van der Waals surface area contributed by atoms with Gasteiger partial charge >= 0.3 is 0 Å². The molecule has 0 aliphatic rings. The quantitative estimate of drug-likeness (QED) is 0.731. The molecule has 0 aliphatic heterocycles. The van der Waals surface area contributed by atoms with Crippen molar-refractivity contribution in [1.29, 1.82) is 0 Å². The van der Waals surface area contributed by atoms with E-state index in [0.29, 0.717) is 0 Å². The highest BCUT2D eigenvalue weighted by Crippen LogP contribution is 2.14. The predicted octanol–water partition coefficient (Wildman–Crippen LogP) is 0.290. The average Bonchev–Trinajstić information content (AvgIpc) is 2.29. The molecule has 0 spiro atoms. The van der Waals surface area contributed by atoms with Crippen LogP contribution in [0, 0.1) is 6.92 Å². The summed E-state index contributed by atoms with van der Waals surface area (Å²) in [5, 5.41) is 4.16. The van der Waals surface area contributed by atoms with E-state index in [0.717, 1.165) is 17.8 Å². The van der Waals surface area contributed by atoms with Crippen LogP contribution in [0.3, 0.4) is 0 Å². The summed E-state index contributed by atoms with van der Waals surface area (Å²) in [4.78, 5) is 2.08. The van der Waals surface area contributed by atoms with Gasteiger partial charge in [-0.05, 0) is 26.6 Å². The summed E-state index contributed by atoms with van der Waals surface area (Å²) < 4.78 is 1.85. The number of nitrogens with zero attached hydrogens (tertiary/aromatic N) is 3. The first kappa shape index (κ1) is 10.2. The van der Waals surface area contributed by atoms with E-state index < -0.39 is 0 Å². The van der Waals surface area contributed by atoms with Crippen molar-refractivity contribution in [2.24, 2.45) is 12.8 Å². The molecule has 0 aliphatic carbocycles. The molecule has 0 aromatic carbocycles. The second-order valence-electron chi connectivity index (χ2n) is 3.71. The number of aromatic nitrogens is 2. The number of likely N-dealkylation sites (N-methyl/N-ethyl adjacent to an activating group) is 1. The Morgan fingerprint density at radius 3 is 2.62 bits per heavy atom. The van der Waals surface area contributed by atoms with Crippen LogP contribution < -0.4 is 5.73 Å². The van der Waals surface area contributed by atoms with Crippen LogP contribution >= 0.6 is 0 Å². The first-order chi connectivity index (χ1) is 6.02. The summed E-state index contributed by atoms with van der Waals surface area (Å²) in [5.41, 5.74) is 8.32. The fraction of sp³-hybridized carbons (Fsp3) is 0.667. The van der Waals surface area contributed by atoms with Gasteiger partial charge in [-0.1, -0.05) is 0 Å². The van der Waals surface area contributed by atoms with E-state index in [4.69, 9.17) is 5.73 Å². The lowest BCUT2D eigenvalue weighted by atomic mass is 10.1. The van der Waals surface area contributed by atoms with Crippen LogP contribution in [0.2, 0.25) is 0 Å². The van der Waals surface area contributed by atoms with Crippen LogP contribution in [0.5, 0.6) is 0 Å². The largest absolute Gasteiger partial charge is 0.322 e. The van der Waals surface area contributed by atoms with Gasteiger partial charge in [0.05, 0.1) is 17.9 Å². The molecule has 4 heteroatoms. The lowest BCUT2D eigenvalue weighted by molar-refractivity contribution is 0.368. The fourth-order valence-electron chi connectivity index (χ4n) is 1.57. The van der Waals surface area contributed by atoms with Gasteiger partial charge in [-0.3, -0.25) is 4.68 Å². The number of aryl methyl sites for hydroxylation is 2. The molecule has 0 amide bonds. The van der Waals surface area contributed by atoms with Crippen molar-refractivity contribution in [1.82, 2.24) is 14.7 Å². The Bertz CT molecular complexity index is 258. The summed E-state index contributed by atoms with van der Waals surface area (Å²) in [7, 11) is 5.97. The summed E-state index contributed by atoms with van der Waals surface area (Å²) in [5.74, 6) is 0. The van der Waals surface area contributed by atoms with Gasteiger partial charge < -0.3 is 10.6 Å². The molecule has 0 bridgehead atoms. The zero-order valence-electron chi connectivity index (χ0n) is 8.78. The van der Waals surface area contributed by atoms with E-state index in [-0.39, 0.29) is 6.04 Å². The predicted molar refractivity (Wildman–Crippen MR) is 53.4 cm³/mol. The van der Waals surface area contributed by atoms with E-state index in [1.165, 1.54) is 0 Å². The number of rotatable bonds is 3. The Labute approximate surface area is 79.3 Å². The van der Waals surface area contributed by atoms with Crippen molar-refractivity contribution < 1.29 is 0 Å². The van der Waals surface area contributed by atoms with Crippen LogP contribution in [0.15, 0.2) is 6.20 Å². The van der Waals surface area contributed by atoms with Crippen molar-refractivity contribution in [2.45, 2.75) is 13.0 Å². The molecule has 0 saturated carbocycles. The summed E-state index contributed by atoms with van der Waals surface area (Å²) in [6.45, 7) is 2.89. The Kier molecular flexibility index (Phi) is 3.06. The van der Waals surface area contributed by atoms with E-state index in [9.17, 15) is 0 Å². The molecule has 0 saturated heterocycles. The number of hydrogen-bond donors (Lipinski definition) is 1. The lowest BCUT2D eigenvalue weighted by Gasteiger charge is -2.17. The first-order valence-corrected chi connectivity index (χ1v) is 4.41. The molecule has 2 N–H and O–H groups in total. The lowest BCUT2D eigenvalue weighted by Crippen LogP contribution is -2.28. The normalized spacial score (nSPS) is 13.7. The molecule has 1 rings (SSSR count). The molecule has 1 unspecified atom stereocenters. The molecule has 74 valence electrons. The maximum absolute atomic E-state index is 6.04. The van der Waals surface area contributed by atoms with Gasteiger partial charge in [0.25, 0.3) is 0 Å². The topological polar surface area (TPSA) is 47.1 Å². The maximum Gasteiger partial charge on any atom is 0.0598 e. The standard InChI is InChI=1S/C9H18N4/c1-7-5-11-13(4)9(7)8(10)6-12(2)3/h5,8H,6,10H2,1-4H3. The van der Waals surface area contributed by atoms with E-state index in [1.807, 2.05) is 38.9 Å². The second kappa shape index (κ2) is 3.89. The van der Waals surface area contributed by atoms with Gasteiger partial charge in [-0.15, -0.1) is 0 Å². The Hall–Kier alpha value is -0.870. The van der Waals surface area contributed by atoms with Crippen molar-refractivity contribution in [3.8, 4) is 0 Å². The minimum atomic E-state index is 0.0440. The number of hydrogen-bond acceptors (Lipinski definition) is 3. The van der Waals surface area contributed by atoms with Crippen LogP contribution in [-0.4, -0.2) is 35.3 Å². The van der Waals surface area contributed by atoms with Gasteiger partial charge in [-0.25, -0.2) is 0 Å². The molecule has 1 heterocycles. The summed E-state index contributed by atoms with van der Waals surface area (Å²) >= 11 is 0. The van der Waals surface area contributed by atoms with Crippen LogP contribution in [0.4, 0.5) is 0 Å². The zero-order valence-corrected chi connectivity index (χ0v) is 8.78. The highest BCUT2D eigenvalue weighted by atomic mass is 15.3. The molecular formula is C9H18N4. The minimum absolute atomic E-state index is 0.0440. The SMILES string of the molecule is Cc1cnn(C)c1C(N)CN(C)C. The highest BCUT2D eigenvalue weighted by Gasteiger charge is 2.13. The Morgan fingerprint density at radius 1 is 1.62 bits per heavy atom. The third-order valence-electron chi connectivity index (χ3n) is 2.09. The van der Waals surface area contributed by atoms with Gasteiger partial charge in [0.2, 0.25) is 0 Å². The molecule has 4 nitrogen and oxygen atoms in total. The Balaban J connectivity index is 2.81. The third-order valence-corrected chi connectivity index (χ3v) is 2.09. The van der Waals surface area contributed by atoms with E-state index in [2.05, 4.69) is 10.00 Å². The second-order valence-corrected chi connectivity index (χ2v) is 3.71. The van der Waals surface area contributed by atoms with E-state index >= 15 is 0 Å². The highest BCUT2D eigenvalue weighted by molar-refractivity contribution is 5.19. The molecule has 13 heavy (non-hydrogen) atoms. The Morgan fingerprint density at radius 2 is 2.23 bits per heavy atom. The van der Waals surface area contributed by atoms with Gasteiger partial charge in [0.15, 0.2) is 0 Å². The fourth-order valence-corrected chi connectivity index (χ4v) is 1.57. The number of nitrogens with two attached hydrogens (primary N) is 1. The van der Waals surface area contributed by atoms with Crippen LogP contribution in [0.25, 0.3) is 0 Å². The smallest absolute Gasteiger partial charge is 0.0598 e. The molecule has 1 atom stereocenters. The molecule has 0 fully saturated rings. The van der Waals surface area contributed by atoms with Crippen LogP contribution in [0.1, 0.15) is 17.3 Å². The van der Waals surface area contributed by atoms with Gasteiger partial charge in [0.1, 0.15) is 0 Å². The van der Waals surface area contributed by atoms with Crippen molar-refractivity contribution in [3.05, 3.63) is 17.5 Å². The zero-order chi connectivity index (χ0) is 10.0. The van der Waals surface area contributed by atoms with Crippen molar-refractivity contribution >= 4 is 0 Å². The molecular weight excluding hydrogens is 164 g/mol. The van der Waals surface area contributed by atoms with Crippen molar-refractivity contribution in [2.75, 3.05) is 20.6 Å². The van der Waals surface area contributed by atoms with Gasteiger partial charge in [-0.2, -0.15) is 5.10 Å². The molecule has 1 aromatic heterocycles. The van der Waals surface area contributed by atoms with Gasteiger partial charge in [0, 0.05) is 13.6 Å².